The van der Waals surface area contributed by atoms with E-state index in [1.165, 1.54) is 0 Å². The molecule has 2 aromatic heterocycles. The Hall–Kier alpha value is -4.11. The Morgan fingerprint density at radius 2 is 1.82 bits per heavy atom. The van der Waals surface area contributed by atoms with Crippen LogP contribution in [0, 0.1) is 0 Å². The second kappa shape index (κ2) is 11.1. The van der Waals surface area contributed by atoms with Gasteiger partial charge in [0.25, 0.3) is 0 Å². The molecule has 4 aromatic rings. The molecule has 3 heterocycles. The number of methoxy groups -OCH3 is 1. The number of nitrogens with one attached hydrogen (secondary N) is 1. The molecule has 0 spiro atoms. The van der Waals surface area contributed by atoms with Gasteiger partial charge in [-0.1, -0.05) is 17.7 Å². The molecule has 38 heavy (non-hydrogen) atoms. The molecule has 0 saturated carbocycles. The largest absolute Gasteiger partial charge is 0.493 e. The number of pyridine rings is 1. The molecule has 196 valence electrons. The number of anilines is 2. The molecular formula is C28H29ClN6O3. The number of carbonyl (C=O) groups is 1. The molecule has 1 aliphatic rings. The zero-order valence-electron chi connectivity index (χ0n) is 21.5. The summed E-state index contributed by atoms with van der Waals surface area (Å²) in [5.41, 5.74) is 3.82. The molecule has 1 N–H and O–H groups in total. The first-order valence-corrected chi connectivity index (χ1v) is 12.8. The minimum absolute atomic E-state index is 0.00922. The van der Waals surface area contributed by atoms with Crippen LogP contribution in [0.3, 0.4) is 0 Å². The van der Waals surface area contributed by atoms with Gasteiger partial charge in [-0.15, -0.1) is 0 Å². The third-order valence-corrected chi connectivity index (χ3v) is 6.46. The van der Waals surface area contributed by atoms with E-state index >= 15 is 0 Å². The lowest BCUT2D eigenvalue weighted by molar-refractivity contribution is 0.208. The van der Waals surface area contributed by atoms with Crippen LogP contribution in [0.4, 0.5) is 16.3 Å². The Morgan fingerprint density at radius 3 is 2.55 bits per heavy atom. The number of hydrogen-bond acceptors (Lipinski definition) is 7. The highest BCUT2D eigenvalue weighted by molar-refractivity contribution is 6.30. The Labute approximate surface area is 226 Å². The smallest absolute Gasteiger partial charge is 0.321 e. The van der Waals surface area contributed by atoms with E-state index in [1.54, 1.807) is 30.5 Å². The first kappa shape index (κ1) is 25.5. The average Bonchev–Trinajstić information content (AvgIpc) is 2.92. The van der Waals surface area contributed by atoms with Crippen molar-refractivity contribution < 1.29 is 14.3 Å². The Bertz CT molecular complexity index is 1460. The van der Waals surface area contributed by atoms with Crippen LogP contribution in [-0.2, 0) is 0 Å². The van der Waals surface area contributed by atoms with Crippen LogP contribution < -0.4 is 19.7 Å². The van der Waals surface area contributed by atoms with Crippen LogP contribution in [0.1, 0.15) is 13.8 Å². The van der Waals surface area contributed by atoms with Crippen molar-refractivity contribution in [3.05, 3.63) is 65.9 Å². The summed E-state index contributed by atoms with van der Waals surface area (Å²) >= 11 is 6.04. The number of benzene rings is 2. The average molecular weight is 533 g/mol. The molecule has 0 bridgehead atoms. The molecular weight excluding hydrogens is 504 g/mol. The van der Waals surface area contributed by atoms with E-state index in [4.69, 9.17) is 26.1 Å². The van der Waals surface area contributed by atoms with Crippen LogP contribution in [0.2, 0.25) is 5.02 Å². The number of halogens is 1. The van der Waals surface area contributed by atoms with Gasteiger partial charge in [-0.05, 0) is 62.4 Å². The van der Waals surface area contributed by atoms with E-state index in [1.807, 2.05) is 56.3 Å². The van der Waals surface area contributed by atoms with E-state index in [0.717, 1.165) is 22.6 Å². The van der Waals surface area contributed by atoms with Crippen molar-refractivity contribution in [2.75, 3.05) is 43.5 Å². The second-order valence-electron chi connectivity index (χ2n) is 9.21. The van der Waals surface area contributed by atoms with E-state index in [9.17, 15) is 4.79 Å². The van der Waals surface area contributed by atoms with Crippen molar-refractivity contribution in [3.63, 3.8) is 0 Å². The maximum Gasteiger partial charge on any atom is 0.321 e. The fraction of sp³-hybridized carbons (Fsp3) is 0.286. The van der Waals surface area contributed by atoms with Crippen molar-refractivity contribution in [3.8, 4) is 22.8 Å². The fourth-order valence-electron chi connectivity index (χ4n) is 4.39. The molecule has 1 aliphatic heterocycles. The predicted octanol–water partition coefficient (Wildman–Crippen LogP) is 5.50. The lowest BCUT2D eigenvalue weighted by Crippen LogP contribution is -2.50. The maximum absolute atomic E-state index is 12.8. The lowest BCUT2D eigenvalue weighted by atomic mass is 10.1. The third-order valence-electron chi connectivity index (χ3n) is 6.23. The Morgan fingerprint density at radius 1 is 1.00 bits per heavy atom. The van der Waals surface area contributed by atoms with Crippen LogP contribution >= 0.6 is 11.6 Å². The highest BCUT2D eigenvalue weighted by Gasteiger charge is 2.24. The third kappa shape index (κ3) is 5.57. The monoisotopic (exact) mass is 532 g/mol. The minimum Gasteiger partial charge on any atom is -0.493 e. The van der Waals surface area contributed by atoms with E-state index in [0.29, 0.717) is 53.9 Å². The number of aromatic nitrogens is 3. The van der Waals surface area contributed by atoms with E-state index in [2.05, 4.69) is 20.2 Å². The molecule has 1 fully saturated rings. The van der Waals surface area contributed by atoms with Gasteiger partial charge in [-0.2, -0.15) is 0 Å². The number of piperazine rings is 1. The molecule has 0 atom stereocenters. The summed E-state index contributed by atoms with van der Waals surface area (Å²) in [4.78, 5) is 30.6. The highest BCUT2D eigenvalue weighted by atomic mass is 35.5. The quantitative estimate of drug-likeness (QED) is 0.350. The molecule has 0 radical (unpaired) electrons. The zero-order valence-corrected chi connectivity index (χ0v) is 22.3. The van der Waals surface area contributed by atoms with Gasteiger partial charge in [0.1, 0.15) is 11.8 Å². The van der Waals surface area contributed by atoms with Crippen LogP contribution in [0.25, 0.3) is 22.3 Å². The van der Waals surface area contributed by atoms with Gasteiger partial charge < -0.3 is 24.6 Å². The van der Waals surface area contributed by atoms with Gasteiger partial charge in [-0.3, -0.25) is 0 Å². The zero-order chi connectivity index (χ0) is 26.6. The molecule has 2 amide bonds. The summed E-state index contributed by atoms with van der Waals surface area (Å²) in [6.45, 7) is 6.29. The SMILES string of the molecule is COc1ccc(-c2ccc3ncnc(N4CCN(C(=O)Nc5cccc(Cl)c5)CC4)c3n2)cc1OC(C)C. The lowest BCUT2D eigenvalue weighted by Gasteiger charge is -2.35. The van der Waals surface area contributed by atoms with Crippen molar-refractivity contribution >= 4 is 40.2 Å². The summed E-state index contributed by atoms with van der Waals surface area (Å²) in [6.07, 6.45) is 1.56. The van der Waals surface area contributed by atoms with Gasteiger partial charge in [-0.25, -0.2) is 19.7 Å². The van der Waals surface area contributed by atoms with Crippen molar-refractivity contribution in [1.82, 2.24) is 19.9 Å². The summed E-state index contributed by atoms with van der Waals surface area (Å²) in [5.74, 6) is 2.09. The van der Waals surface area contributed by atoms with Gasteiger partial charge in [0.15, 0.2) is 17.3 Å². The number of carbonyl (C=O) groups excluding carboxylic acids is 1. The molecule has 1 saturated heterocycles. The topological polar surface area (TPSA) is 92.7 Å². The minimum atomic E-state index is -0.154. The number of urea groups is 1. The number of ether oxygens (including phenoxy) is 2. The van der Waals surface area contributed by atoms with Gasteiger partial charge in [0.05, 0.1) is 24.4 Å². The molecule has 2 aromatic carbocycles. The molecule has 0 unspecified atom stereocenters. The van der Waals surface area contributed by atoms with Crippen LogP contribution in [-0.4, -0.2) is 65.3 Å². The van der Waals surface area contributed by atoms with Gasteiger partial charge in [0, 0.05) is 42.5 Å². The molecule has 5 rings (SSSR count). The predicted molar refractivity (Wildman–Crippen MR) is 149 cm³/mol. The Kier molecular flexibility index (Phi) is 7.46. The van der Waals surface area contributed by atoms with E-state index < -0.39 is 0 Å². The first-order valence-electron chi connectivity index (χ1n) is 12.4. The van der Waals surface area contributed by atoms with Crippen LogP contribution in [0.15, 0.2) is 60.9 Å². The van der Waals surface area contributed by atoms with Crippen molar-refractivity contribution in [1.29, 1.82) is 0 Å². The fourth-order valence-corrected chi connectivity index (χ4v) is 4.58. The number of fused-ring (bicyclic) bond motifs is 1. The summed E-state index contributed by atoms with van der Waals surface area (Å²) in [5, 5.41) is 3.49. The summed E-state index contributed by atoms with van der Waals surface area (Å²) in [6, 6.07) is 16.6. The summed E-state index contributed by atoms with van der Waals surface area (Å²) in [7, 11) is 1.63. The number of amides is 2. The summed E-state index contributed by atoms with van der Waals surface area (Å²) < 4.78 is 11.4. The first-order chi connectivity index (χ1) is 18.4. The Balaban J connectivity index is 1.35. The molecule has 9 nitrogen and oxygen atoms in total. The number of nitrogens with zero attached hydrogens (tertiary/aromatic N) is 5. The molecule has 0 aliphatic carbocycles. The van der Waals surface area contributed by atoms with Crippen molar-refractivity contribution in [2.45, 2.75) is 20.0 Å². The standard InChI is InChI=1S/C28H29ClN6O3/c1-18(2)38-25-15-19(7-10-24(25)37-3)22-8-9-23-26(33-22)27(31-17-30-23)34-11-13-35(14-12-34)28(36)32-21-6-4-5-20(29)16-21/h4-10,15-18H,11-14H2,1-3H3,(H,32,36). The van der Waals surface area contributed by atoms with Gasteiger partial charge in [0.2, 0.25) is 0 Å². The molecule has 10 heteroatoms. The number of rotatable bonds is 6. The maximum atomic E-state index is 12.8. The highest BCUT2D eigenvalue weighted by Crippen LogP contribution is 2.34. The van der Waals surface area contributed by atoms with E-state index in [-0.39, 0.29) is 12.1 Å². The second-order valence-corrected chi connectivity index (χ2v) is 9.64. The number of hydrogen-bond donors (Lipinski definition) is 1. The van der Waals surface area contributed by atoms with Crippen LogP contribution in [0.5, 0.6) is 11.5 Å². The van der Waals surface area contributed by atoms with Crippen molar-refractivity contribution in [2.24, 2.45) is 0 Å². The van der Waals surface area contributed by atoms with Gasteiger partial charge >= 0.3 is 6.03 Å². The normalized spacial score (nSPS) is 13.6.